The SMILES string of the molecule is C=Cc1cc2c(OC3CCNC3)nccc2cc1OC. The van der Waals surface area contributed by atoms with Crippen molar-refractivity contribution >= 4 is 16.8 Å². The number of hydrogen-bond donors (Lipinski definition) is 1. The van der Waals surface area contributed by atoms with E-state index < -0.39 is 0 Å². The van der Waals surface area contributed by atoms with Crippen LogP contribution in [0, 0.1) is 0 Å². The van der Waals surface area contributed by atoms with Gasteiger partial charge in [0, 0.05) is 23.7 Å². The molecule has 1 atom stereocenters. The van der Waals surface area contributed by atoms with E-state index in [1.54, 1.807) is 19.4 Å². The molecular formula is C16H18N2O2. The van der Waals surface area contributed by atoms with Gasteiger partial charge >= 0.3 is 0 Å². The molecule has 104 valence electrons. The van der Waals surface area contributed by atoms with Crippen LogP contribution >= 0.6 is 0 Å². The molecule has 2 heterocycles. The minimum Gasteiger partial charge on any atom is -0.496 e. The molecule has 0 spiro atoms. The molecule has 0 saturated carbocycles. The van der Waals surface area contributed by atoms with E-state index in [1.165, 1.54) is 0 Å². The van der Waals surface area contributed by atoms with Gasteiger partial charge in [-0.2, -0.15) is 0 Å². The third-order valence-electron chi connectivity index (χ3n) is 3.59. The van der Waals surface area contributed by atoms with Gasteiger partial charge in [-0.25, -0.2) is 4.98 Å². The van der Waals surface area contributed by atoms with Crippen LogP contribution in [-0.2, 0) is 0 Å². The molecule has 0 amide bonds. The topological polar surface area (TPSA) is 43.4 Å². The maximum Gasteiger partial charge on any atom is 0.221 e. The molecule has 1 N–H and O–H groups in total. The Labute approximate surface area is 118 Å². The average Bonchev–Trinajstić information content (AvgIpc) is 2.99. The molecule has 4 heteroatoms. The van der Waals surface area contributed by atoms with Gasteiger partial charge in [-0.1, -0.05) is 12.7 Å². The van der Waals surface area contributed by atoms with Gasteiger partial charge in [0.1, 0.15) is 11.9 Å². The van der Waals surface area contributed by atoms with Crippen LogP contribution < -0.4 is 14.8 Å². The Kier molecular flexibility index (Phi) is 3.56. The fraction of sp³-hybridized carbons (Fsp3) is 0.312. The zero-order chi connectivity index (χ0) is 13.9. The number of methoxy groups -OCH3 is 1. The Morgan fingerprint density at radius 1 is 1.45 bits per heavy atom. The fourth-order valence-corrected chi connectivity index (χ4v) is 2.51. The molecular weight excluding hydrogens is 252 g/mol. The van der Waals surface area contributed by atoms with Gasteiger partial charge in [-0.3, -0.25) is 0 Å². The summed E-state index contributed by atoms with van der Waals surface area (Å²) in [6.07, 6.45) is 4.77. The molecule has 1 fully saturated rings. The van der Waals surface area contributed by atoms with Gasteiger partial charge in [0.15, 0.2) is 0 Å². The van der Waals surface area contributed by atoms with Crippen molar-refractivity contribution in [3.63, 3.8) is 0 Å². The summed E-state index contributed by atoms with van der Waals surface area (Å²) in [6.45, 7) is 5.71. The van der Waals surface area contributed by atoms with E-state index in [0.29, 0.717) is 5.88 Å². The van der Waals surface area contributed by atoms with Crippen molar-refractivity contribution in [3.05, 3.63) is 36.5 Å². The third-order valence-corrected chi connectivity index (χ3v) is 3.59. The van der Waals surface area contributed by atoms with Gasteiger partial charge in [0.05, 0.1) is 7.11 Å². The Balaban J connectivity index is 2.05. The van der Waals surface area contributed by atoms with Gasteiger partial charge in [0.25, 0.3) is 0 Å². The van der Waals surface area contributed by atoms with Crippen LogP contribution in [0.25, 0.3) is 16.8 Å². The number of pyridine rings is 1. The molecule has 4 nitrogen and oxygen atoms in total. The second-order valence-electron chi connectivity index (χ2n) is 4.87. The fourth-order valence-electron chi connectivity index (χ4n) is 2.51. The first-order chi connectivity index (χ1) is 9.81. The summed E-state index contributed by atoms with van der Waals surface area (Å²) in [6, 6.07) is 5.98. The molecule has 0 aliphatic carbocycles. The standard InChI is InChI=1S/C16H18N2O2/c1-3-11-8-14-12(9-15(11)19-2)4-7-18-16(14)20-13-5-6-17-10-13/h3-4,7-9,13,17H,1,5-6,10H2,2H3. The van der Waals surface area contributed by atoms with Crippen LogP contribution in [0.5, 0.6) is 11.6 Å². The number of nitrogens with one attached hydrogen (secondary N) is 1. The number of nitrogens with zero attached hydrogens (tertiary/aromatic N) is 1. The lowest BCUT2D eigenvalue weighted by Crippen LogP contribution is -2.20. The molecule has 1 aliphatic heterocycles. The number of rotatable bonds is 4. The molecule has 1 aromatic heterocycles. The Bertz CT molecular complexity index is 634. The number of hydrogen-bond acceptors (Lipinski definition) is 4. The molecule has 1 aliphatic rings. The monoisotopic (exact) mass is 270 g/mol. The van der Waals surface area contributed by atoms with E-state index in [0.717, 1.165) is 41.6 Å². The van der Waals surface area contributed by atoms with E-state index >= 15 is 0 Å². The van der Waals surface area contributed by atoms with E-state index in [-0.39, 0.29) is 6.10 Å². The quantitative estimate of drug-likeness (QED) is 0.927. The maximum absolute atomic E-state index is 6.01. The summed E-state index contributed by atoms with van der Waals surface area (Å²) in [5.74, 6) is 1.49. The van der Waals surface area contributed by atoms with Crippen LogP contribution in [0.3, 0.4) is 0 Å². The summed E-state index contributed by atoms with van der Waals surface area (Å²) in [4.78, 5) is 4.38. The lowest BCUT2D eigenvalue weighted by Gasteiger charge is -2.14. The van der Waals surface area contributed by atoms with Crippen LogP contribution in [0.1, 0.15) is 12.0 Å². The predicted molar refractivity (Wildman–Crippen MR) is 80.3 cm³/mol. The summed E-state index contributed by atoms with van der Waals surface area (Å²) >= 11 is 0. The number of ether oxygens (including phenoxy) is 2. The first kappa shape index (κ1) is 12.9. The minimum absolute atomic E-state index is 0.197. The molecule has 0 bridgehead atoms. The minimum atomic E-state index is 0.197. The summed E-state index contributed by atoms with van der Waals surface area (Å²) in [7, 11) is 1.66. The zero-order valence-electron chi connectivity index (χ0n) is 11.6. The smallest absolute Gasteiger partial charge is 0.221 e. The van der Waals surface area contributed by atoms with Gasteiger partial charge in [0.2, 0.25) is 5.88 Å². The van der Waals surface area contributed by atoms with Crippen LogP contribution in [0.4, 0.5) is 0 Å². The second-order valence-corrected chi connectivity index (χ2v) is 4.87. The molecule has 0 radical (unpaired) electrons. The summed E-state index contributed by atoms with van der Waals surface area (Å²) < 4.78 is 11.4. The average molecular weight is 270 g/mol. The van der Waals surface area contributed by atoms with E-state index in [4.69, 9.17) is 9.47 Å². The van der Waals surface area contributed by atoms with Crippen LogP contribution in [0.2, 0.25) is 0 Å². The van der Waals surface area contributed by atoms with Crippen molar-refractivity contribution in [1.29, 1.82) is 0 Å². The van der Waals surface area contributed by atoms with E-state index in [1.807, 2.05) is 18.2 Å². The number of fused-ring (bicyclic) bond motifs is 1. The highest BCUT2D eigenvalue weighted by Gasteiger charge is 2.18. The van der Waals surface area contributed by atoms with Gasteiger partial charge in [-0.15, -0.1) is 0 Å². The molecule has 20 heavy (non-hydrogen) atoms. The van der Waals surface area contributed by atoms with Crippen LogP contribution in [0.15, 0.2) is 31.0 Å². The molecule has 1 saturated heterocycles. The Morgan fingerprint density at radius 3 is 3.05 bits per heavy atom. The maximum atomic E-state index is 6.01. The van der Waals surface area contributed by atoms with Crippen molar-refractivity contribution in [2.24, 2.45) is 0 Å². The molecule has 1 aromatic carbocycles. The highest BCUT2D eigenvalue weighted by molar-refractivity contribution is 5.90. The highest BCUT2D eigenvalue weighted by atomic mass is 16.5. The lowest BCUT2D eigenvalue weighted by molar-refractivity contribution is 0.217. The summed E-state index contributed by atoms with van der Waals surface area (Å²) in [5.41, 5.74) is 0.947. The van der Waals surface area contributed by atoms with Crippen molar-refractivity contribution < 1.29 is 9.47 Å². The number of aromatic nitrogens is 1. The van der Waals surface area contributed by atoms with Crippen molar-refractivity contribution in [2.45, 2.75) is 12.5 Å². The second kappa shape index (κ2) is 5.51. The lowest BCUT2D eigenvalue weighted by atomic mass is 10.1. The first-order valence-corrected chi connectivity index (χ1v) is 6.78. The van der Waals surface area contributed by atoms with Crippen molar-refractivity contribution in [1.82, 2.24) is 10.3 Å². The molecule has 2 aromatic rings. The number of benzene rings is 1. The zero-order valence-corrected chi connectivity index (χ0v) is 11.6. The molecule has 1 unspecified atom stereocenters. The third kappa shape index (κ3) is 2.34. The van der Waals surface area contributed by atoms with Gasteiger partial charge in [-0.05, 0) is 36.6 Å². The van der Waals surface area contributed by atoms with Crippen molar-refractivity contribution in [3.8, 4) is 11.6 Å². The Hall–Kier alpha value is -2.07. The first-order valence-electron chi connectivity index (χ1n) is 6.78. The molecule has 3 rings (SSSR count). The summed E-state index contributed by atoms with van der Waals surface area (Å²) in [5, 5.41) is 5.35. The van der Waals surface area contributed by atoms with Gasteiger partial charge < -0.3 is 14.8 Å². The normalized spacial score (nSPS) is 18.1. The Morgan fingerprint density at radius 2 is 2.35 bits per heavy atom. The van der Waals surface area contributed by atoms with E-state index in [9.17, 15) is 0 Å². The van der Waals surface area contributed by atoms with E-state index in [2.05, 4.69) is 16.9 Å². The highest BCUT2D eigenvalue weighted by Crippen LogP contribution is 2.31. The largest absolute Gasteiger partial charge is 0.496 e. The predicted octanol–water partition coefficient (Wildman–Crippen LogP) is 2.63. The van der Waals surface area contributed by atoms with Crippen LogP contribution in [-0.4, -0.2) is 31.3 Å². The van der Waals surface area contributed by atoms with Crippen molar-refractivity contribution in [2.75, 3.05) is 20.2 Å².